The van der Waals surface area contributed by atoms with Crippen LogP contribution >= 0.6 is 11.3 Å². The minimum Gasteiger partial charge on any atom is -0.497 e. The van der Waals surface area contributed by atoms with Crippen molar-refractivity contribution in [2.75, 3.05) is 7.11 Å². The second-order valence-electron chi connectivity index (χ2n) is 6.06. The van der Waals surface area contributed by atoms with E-state index >= 15 is 0 Å². The third kappa shape index (κ3) is 3.79. The molecule has 0 atom stereocenters. The van der Waals surface area contributed by atoms with Crippen molar-refractivity contribution in [3.63, 3.8) is 0 Å². The lowest BCUT2D eigenvalue weighted by Gasteiger charge is -2.04. The van der Waals surface area contributed by atoms with Crippen LogP contribution < -0.4 is 10.3 Å². The van der Waals surface area contributed by atoms with Crippen molar-refractivity contribution in [2.24, 2.45) is 0 Å². The molecule has 0 spiro atoms. The second-order valence-corrected chi connectivity index (χ2v) is 6.98. The smallest absolute Gasteiger partial charge is 0.331 e. The lowest BCUT2D eigenvalue weighted by molar-refractivity contribution is -0.139. The largest absolute Gasteiger partial charge is 0.497 e. The molecule has 7 heteroatoms. The molecule has 28 heavy (non-hydrogen) atoms. The standard InChI is InChI=1S/C21H16N2O4S/c1-26-16-6-5-14-10-13(2-4-15(14)11-16)3-7-19(24)27-12-18-22-17-8-9-28-20(17)21(25)23-18/h2-11H,12H2,1H3,(H,22,23,25)/b7-3+. The van der Waals surface area contributed by atoms with Crippen LogP contribution in [0.5, 0.6) is 5.75 Å². The molecule has 2 aromatic heterocycles. The number of aromatic nitrogens is 2. The van der Waals surface area contributed by atoms with Gasteiger partial charge in [-0.05, 0) is 52.1 Å². The number of esters is 1. The van der Waals surface area contributed by atoms with Crippen molar-refractivity contribution in [2.45, 2.75) is 6.61 Å². The summed E-state index contributed by atoms with van der Waals surface area (Å²) in [5.41, 5.74) is 1.25. The van der Waals surface area contributed by atoms with Crippen molar-refractivity contribution >= 4 is 44.4 Å². The molecule has 0 fully saturated rings. The highest BCUT2D eigenvalue weighted by atomic mass is 32.1. The fourth-order valence-corrected chi connectivity index (χ4v) is 3.54. The van der Waals surface area contributed by atoms with Crippen molar-refractivity contribution < 1.29 is 14.3 Å². The molecule has 2 aromatic carbocycles. The molecule has 2 heterocycles. The first-order valence-electron chi connectivity index (χ1n) is 8.51. The molecular weight excluding hydrogens is 376 g/mol. The topological polar surface area (TPSA) is 81.3 Å². The van der Waals surface area contributed by atoms with Gasteiger partial charge in [0.2, 0.25) is 0 Å². The lowest BCUT2D eigenvalue weighted by atomic mass is 10.1. The van der Waals surface area contributed by atoms with Gasteiger partial charge in [0.1, 0.15) is 22.9 Å². The summed E-state index contributed by atoms with van der Waals surface area (Å²) < 4.78 is 11.0. The normalized spacial score (nSPS) is 11.3. The number of thiophene rings is 1. The van der Waals surface area contributed by atoms with Gasteiger partial charge in [0.25, 0.3) is 5.56 Å². The molecule has 4 aromatic rings. The van der Waals surface area contributed by atoms with Crippen LogP contribution in [-0.4, -0.2) is 23.0 Å². The van der Waals surface area contributed by atoms with Gasteiger partial charge in [0.05, 0.1) is 12.6 Å². The second kappa shape index (κ2) is 7.66. The van der Waals surface area contributed by atoms with E-state index in [1.165, 1.54) is 17.4 Å². The lowest BCUT2D eigenvalue weighted by Crippen LogP contribution is -2.12. The number of carbonyl (C=O) groups excluding carboxylic acids is 1. The zero-order valence-corrected chi connectivity index (χ0v) is 15.8. The molecule has 0 bridgehead atoms. The van der Waals surface area contributed by atoms with Crippen LogP contribution in [0.3, 0.4) is 0 Å². The van der Waals surface area contributed by atoms with Gasteiger partial charge in [-0.1, -0.05) is 18.2 Å². The predicted molar refractivity (Wildman–Crippen MR) is 110 cm³/mol. The van der Waals surface area contributed by atoms with Crippen molar-refractivity contribution in [1.82, 2.24) is 9.97 Å². The maximum Gasteiger partial charge on any atom is 0.331 e. The Bertz CT molecular complexity index is 1260. The van der Waals surface area contributed by atoms with E-state index in [2.05, 4.69) is 9.97 Å². The molecule has 1 N–H and O–H groups in total. The van der Waals surface area contributed by atoms with E-state index in [1.54, 1.807) is 24.6 Å². The van der Waals surface area contributed by atoms with Crippen molar-refractivity contribution in [3.8, 4) is 5.75 Å². The van der Waals surface area contributed by atoms with Crippen molar-refractivity contribution in [1.29, 1.82) is 0 Å². The van der Waals surface area contributed by atoms with E-state index in [0.29, 0.717) is 16.0 Å². The van der Waals surface area contributed by atoms with E-state index in [-0.39, 0.29) is 12.2 Å². The number of benzene rings is 2. The number of methoxy groups -OCH3 is 1. The molecule has 0 amide bonds. The molecule has 0 aliphatic heterocycles. The van der Waals surface area contributed by atoms with E-state index in [9.17, 15) is 9.59 Å². The van der Waals surface area contributed by atoms with Crippen LogP contribution in [0.2, 0.25) is 0 Å². The highest BCUT2D eigenvalue weighted by Crippen LogP contribution is 2.22. The molecule has 0 saturated carbocycles. The Morgan fingerprint density at radius 3 is 2.86 bits per heavy atom. The van der Waals surface area contributed by atoms with Gasteiger partial charge in [-0.25, -0.2) is 9.78 Å². The van der Waals surface area contributed by atoms with Gasteiger partial charge in [0, 0.05) is 6.08 Å². The summed E-state index contributed by atoms with van der Waals surface area (Å²) in [6.45, 7) is -0.0955. The van der Waals surface area contributed by atoms with Gasteiger partial charge < -0.3 is 14.5 Å². The van der Waals surface area contributed by atoms with Crippen LogP contribution in [0.25, 0.3) is 27.1 Å². The first-order chi connectivity index (χ1) is 13.6. The van der Waals surface area contributed by atoms with Crippen molar-refractivity contribution in [3.05, 3.63) is 75.7 Å². The average Bonchev–Trinajstić information content (AvgIpc) is 3.19. The minimum atomic E-state index is -0.511. The van der Waals surface area contributed by atoms with E-state index in [0.717, 1.165) is 22.1 Å². The molecule has 0 saturated heterocycles. The Kier molecular flexibility index (Phi) is 4.90. The van der Waals surface area contributed by atoms with Gasteiger partial charge >= 0.3 is 5.97 Å². The third-order valence-electron chi connectivity index (χ3n) is 4.20. The predicted octanol–water partition coefficient (Wildman–Crippen LogP) is 3.90. The maximum absolute atomic E-state index is 12.0. The Labute approximate surface area is 164 Å². The molecule has 6 nitrogen and oxygen atoms in total. The van der Waals surface area contributed by atoms with Gasteiger partial charge in [-0.3, -0.25) is 4.79 Å². The minimum absolute atomic E-state index is 0.0955. The zero-order chi connectivity index (χ0) is 19.5. The molecule has 0 radical (unpaired) electrons. The third-order valence-corrected chi connectivity index (χ3v) is 5.10. The summed E-state index contributed by atoms with van der Waals surface area (Å²) in [6, 6.07) is 13.4. The number of H-pyrrole nitrogens is 1. The number of nitrogens with zero attached hydrogens (tertiary/aromatic N) is 1. The number of hydrogen-bond acceptors (Lipinski definition) is 6. The monoisotopic (exact) mass is 392 g/mol. The van der Waals surface area contributed by atoms with E-state index in [1.807, 2.05) is 36.4 Å². The fourth-order valence-electron chi connectivity index (χ4n) is 2.81. The SMILES string of the molecule is COc1ccc2cc(/C=C/C(=O)OCc3nc4ccsc4c(=O)[nH]3)ccc2c1. The average molecular weight is 392 g/mol. The zero-order valence-electron chi connectivity index (χ0n) is 15.0. The number of fused-ring (bicyclic) bond motifs is 2. The van der Waals surface area contributed by atoms with Gasteiger partial charge in [0.15, 0.2) is 0 Å². The first-order valence-corrected chi connectivity index (χ1v) is 9.39. The molecule has 0 unspecified atom stereocenters. The summed E-state index contributed by atoms with van der Waals surface area (Å²) in [6.07, 6.45) is 3.04. The number of carbonyl (C=O) groups is 1. The van der Waals surface area contributed by atoms with Gasteiger partial charge in [-0.2, -0.15) is 0 Å². The number of ether oxygens (including phenoxy) is 2. The molecule has 0 aliphatic rings. The molecule has 4 rings (SSSR count). The Balaban J connectivity index is 1.43. The van der Waals surface area contributed by atoms with E-state index in [4.69, 9.17) is 9.47 Å². The van der Waals surface area contributed by atoms with Crippen LogP contribution in [0.4, 0.5) is 0 Å². The Hall–Kier alpha value is -3.45. The summed E-state index contributed by atoms with van der Waals surface area (Å²) >= 11 is 1.32. The first kappa shape index (κ1) is 17.9. The number of rotatable bonds is 5. The summed E-state index contributed by atoms with van der Waals surface area (Å²) in [5.74, 6) is 0.604. The fraction of sp³-hybridized carbons (Fsp3) is 0.0952. The highest BCUT2D eigenvalue weighted by Gasteiger charge is 2.07. The molecule has 0 aliphatic carbocycles. The van der Waals surface area contributed by atoms with Crippen LogP contribution in [-0.2, 0) is 16.1 Å². The summed E-state index contributed by atoms with van der Waals surface area (Å²) in [7, 11) is 1.63. The molecular formula is C21H16N2O4S. The Morgan fingerprint density at radius 1 is 1.18 bits per heavy atom. The Morgan fingerprint density at radius 2 is 2.00 bits per heavy atom. The van der Waals surface area contributed by atoms with E-state index < -0.39 is 5.97 Å². The number of nitrogens with one attached hydrogen (secondary N) is 1. The summed E-state index contributed by atoms with van der Waals surface area (Å²) in [4.78, 5) is 30.8. The van der Waals surface area contributed by atoms with Crippen LogP contribution in [0.1, 0.15) is 11.4 Å². The summed E-state index contributed by atoms with van der Waals surface area (Å²) in [5, 5.41) is 3.89. The quantitative estimate of drug-likeness (QED) is 0.411. The molecule has 140 valence electrons. The van der Waals surface area contributed by atoms with Gasteiger partial charge in [-0.15, -0.1) is 11.3 Å². The van der Waals surface area contributed by atoms with Crippen LogP contribution in [0.15, 0.2) is 58.7 Å². The highest BCUT2D eigenvalue weighted by molar-refractivity contribution is 7.17. The van der Waals surface area contributed by atoms with Crippen LogP contribution in [0, 0.1) is 0 Å². The maximum atomic E-state index is 12.0. The number of aromatic amines is 1. The number of hydrogen-bond donors (Lipinski definition) is 1.